The third kappa shape index (κ3) is 6.39. The summed E-state index contributed by atoms with van der Waals surface area (Å²) in [5.74, 6) is 0.578. The summed E-state index contributed by atoms with van der Waals surface area (Å²) < 4.78 is 30.0. The number of benzene rings is 2. The summed E-state index contributed by atoms with van der Waals surface area (Å²) in [6, 6.07) is 10.2. The van der Waals surface area contributed by atoms with Crippen molar-refractivity contribution in [2.75, 3.05) is 6.61 Å². The number of hydrogen-bond donors (Lipinski definition) is 2. The highest BCUT2D eigenvalue weighted by Gasteiger charge is 2.17. The zero-order chi connectivity index (χ0) is 20.0. The van der Waals surface area contributed by atoms with Gasteiger partial charge in [-0.2, -0.15) is 0 Å². The number of sulfonamides is 1. The van der Waals surface area contributed by atoms with E-state index >= 15 is 0 Å². The Bertz CT molecular complexity index is 900. The molecule has 0 unspecified atom stereocenters. The van der Waals surface area contributed by atoms with Crippen LogP contribution in [0, 0.1) is 5.92 Å². The van der Waals surface area contributed by atoms with E-state index in [0.717, 1.165) is 6.42 Å². The Morgan fingerprint density at radius 3 is 2.33 bits per heavy atom. The Morgan fingerprint density at radius 1 is 1.07 bits per heavy atom. The lowest BCUT2D eigenvalue weighted by atomic mass is 10.1. The molecule has 146 valence electrons. The van der Waals surface area contributed by atoms with Crippen molar-refractivity contribution >= 4 is 39.1 Å². The number of nitrogens with one attached hydrogen (secondary N) is 2. The number of hydrazine groups is 1. The van der Waals surface area contributed by atoms with Crippen LogP contribution in [0.4, 0.5) is 0 Å². The van der Waals surface area contributed by atoms with Crippen molar-refractivity contribution in [3.05, 3.63) is 58.1 Å². The standard InChI is InChI=1S/C18H20Cl2N2O4S/c1-12(2)9-10-26-14-5-3-13(4-6-14)18(23)21-22-27(24,25)15-7-8-16(19)17(20)11-15/h3-8,11-12,22H,9-10H2,1-2H3,(H,21,23). The molecule has 2 N–H and O–H groups in total. The molecule has 0 aliphatic heterocycles. The van der Waals surface area contributed by atoms with Gasteiger partial charge in [0, 0.05) is 5.56 Å². The predicted octanol–water partition coefficient (Wildman–Crippen LogP) is 4.04. The summed E-state index contributed by atoms with van der Waals surface area (Å²) in [4.78, 5) is 14.0. The SMILES string of the molecule is CC(C)CCOc1ccc(C(=O)NNS(=O)(=O)c2ccc(Cl)c(Cl)c2)cc1. The predicted molar refractivity (Wildman–Crippen MR) is 106 cm³/mol. The Morgan fingerprint density at radius 2 is 1.74 bits per heavy atom. The Hall–Kier alpha value is -1.80. The van der Waals surface area contributed by atoms with E-state index in [1.807, 2.05) is 4.83 Å². The van der Waals surface area contributed by atoms with Gasteiger partial charge in [-0.1, -0.05) is 37.0 Å². The van der Waals surface area contributed by atoms with Gasteiger partial charge < -0.3 is 4.74 Å². The molecule has 0 fully saturated rings. The molecule has 9 heteroatoms. The first-order valence-corrected chi connectivity index (χ1v) is 10.4. The van der Waals surface area contributed by atoms with Crippen LogP contribution in [0.1, 0.15) is 30.6 Å². The van der Waals surface area contributed by atoms with E-state index in [9.17, 15) is 13.2 Å². The van der Waals surface area contributed by atoms with Crippen LogP contribution in [0.3, 0.4) is 0 Å². The number of ether oxygens (including phenoxy) is 1. The van der Waals surface area contributed by atoms with Crippen molar-refractivity contribution in [3.8, 4) is 5.75 Å². The number of rotatable bonds is 8. The fraction of sp³-hybridized carbons (Fsp3) is 0.278. The molecule has 0 radical (unpaired) electrons. The number of halogens is 2. The van der Waals surface area contributed by atoms with Gasteiger partial charge in [0.2, 0.25) is 0 Å². The van der Waals surface area contributed by atoms with E-state index in [0.29, 0.717) is 18.3 Å². The largest absolute Gasteiger partial charge is 0.494 e. The minimum absolute atomic E-state index is 0.0962. The second-order valence-corrected chi connectivity index (χ2v) is 8.69. The number of carbonyl (C=O) groups is 1. The maximum atomic E-state index is 12.2. The zero-order valence-electron chi connectivity index (χ0n) is 14.8. The molecule has 0 atom stereocenters. The molecule has 0 bridgehead atoms. The highest BCUT2D eigenvalue weighted by Crippen LogP contribution is 2.24. The summed E-state index contributed by atoms with van der Waals surface area (Å²) in [6.07, 6.45) is 0.929. The van der Waals surface area contributed by atoms with Gasteiger partial charge in [0.25, 0.3) is 15.9 Å². The van der Waals surface area contributed by atoms with Crippen LogP contribution in [0.15, 0.2) is 47.4 Å². The van der Waals surface area contributed by atoms with Crippen molar-refractivity contribution in [3.63, 3.8) is 0 Å². The Balaban J connectivity index is 1.95. The van der Waals surface area contributed by atoms with Crippen LogP contribution in [0.25, 0.3) is 0 Å². The molecule has 6 nitrogen and oxygen atoms in total. The first kappa shape index (κ1) is 21.5. The molecule has 2 aromatic carbocycles. The van der Waals surface area contributed by atoms with E-state index in [1.165, 1.54) is 18.2 Å². The molecule has 0 saturated heterocycles. The molecule has 0 spiro atoms. The quantitative estimate of drug-likeness (QED) is 0.618. The Kier molecular flexibility index (Phi) is 7.49. The minimum Gasteiger partial charge on any atom is -0.494 e. The highest BCUT2D eigenvalue weighted by molar-refractivity contribution is 7.89. The van der Waals surface area contributed by atoms with Crippen molar-refractivity contribution in [1.82, 2.24) is 10.3 Å². The van der Waals surface area contributed by atoms with Crippen LogP contribution in [0.5, 0.6) is 5.75 Å². The average Bonchev–Trinajstić information content (AvgIpc) is 2.62. The van der Waals surface area contributed by atoms with E-state index in [1.54, 1.807) is 24.3 Å². The van der Waals surface area contributed by atoms with Gasteiger partial charge in [0.05, 0.1) is 21.5 Å². The van der Waals surface area contributed by atoms with E-state index in [-0.39, 0.29) is 20.5 Å². The average molecular weight is 431 g/mol. The van der Waals surface area contributed by atoms with Gasteiger partial charge >= 0.3 is 0 Å². The summed E-state index contributed by atoms with van der Waals surface area (Å²) in [5, 5.41) is 0.328. The monoisotopic (exact) mass is 430 g/mol. The number of amides is 1. The summed E-state index contributed by atoms with van der Waals surface area (Å²) >= 11 is 11.6. The van der Waals surface area contributed by atoms with Crippen molar-refractivity contribution in [1.29, 1.82) is 0 Å². The molecule has 2 aromatic rings. The normalized spacial score (nSPS) is 11.4. The van der Waals surface area contributed by atoms with Crippen molar-refractivity contribution in [2.24, 2.45) is 5.92 Å². The highest BCUT2D eigenvalue weighted by atomic mass is 35.5. The minimum atomic E-state index is -3.98. The van der Waals surface area contributed by atoms with Gasteiger partial charge in [0.15, 0.2) is 0 Å². The van der Waals surface area contributed by atoms with Crippen LogP contribution in [0.2, 0.25) is 10.0 Å². The molecular formula is C18H20Cl2N2O4S. The fourth-order valence-corrected chi connectivity index (χ4v) is 3.23. The van der Waals surface area contributed by atoms with Crippen molar-refractivity contribution < 1.29 is 17.9 Å². The first-order chi connectivity index (χ1) is 12.7. The van der Waals surface area contributed by atoms with E-state index in [2.05, 4.69) is 19.3 Å². The summed E-state index contributed by atoms with van der Waals surface area (Å²) in [7, 11) is -3.98. The number of hydrogen-bond acceptors (Lipinski definition) is 4. The zero-order valence-corrected chi connectivity index (χ0v) is 17.2. The summed E-state index contributed by atoms with van der Waals surface area (Å²) in [6.45, 7) is 4.80. The molecule has 0 aliphatic rings. The molecule has 0 heterocycles. The van der Waals surface area contributed by atoms with Crippen molar-refractivity contribution in [2.45, 2.75) is 25.2 Å². The second kappa shape index (κ2) is 9.41. The molecule has 0 aliphatic carbocycles. The molecule has 0 aromatic heterocycles. The van der Waals surface area contributed by atoms with Gasteiger partial charge in [-0.25, -0.2) is 8.42 Å². The lowest BCUT2D eigenvalue weighted by molar-refractivity contribution is 0.0945. The molecule has 1 amide bonds. The van der Waals surface area contributed by atoms with Gasteiger partial charge in [-0.3, -0.25) is 10.2 Å². The fourth-order valence-electron chi connectivity index (χ4n) is 2.00. The molecular weight excluding hydrogens is 411 g/mol. The van der Waals surface area contributed by atoms with Gasteiger partial charge in [0.1, 0.15) is 5.75 Å². The smallest absolute Gasteiger partial charge is 0.266 e. The van der Waals surface area contributed by atoms with E-state index in [4.69, 9.17) is 27.9 Å². The van der Waals surface area contributed by atoms with Crippen LogP contribution in [-0.2, 0) is 10.0 Å². The maximum Gasteiger partial charge on any atom is 0.266 e. The molecule has 0 saturated carbocycles. The van der Waals surface area contributed by atoms with E-state index < -0.39 is 15.9 Å². The number of carbonyl (C=O) groups excluding carboxylic acids is 1. The third-order valence-electron chi connectivity index (χ3n) is 3.58. The Labute approximate surface area is 168 Å². The maximum absolute atomic E-state index is 12.2. The van der Waals surface area contributed by atoms with Crippen LogP contribution in [-0.4, -0.2) is 20.9 Å². The summed E-state index contributed by atoms with van der Waals surface area (Å²) in [5.41, 5.74) is 2.44. The topological polar surface area (TPSA) is 84.5 Å². The lowest BCUT2D eigenvalue weighted by Crippen LogP contribution is -2.41. The van der Waals surface area contributed by atoms with Crippen LogP contribution < -0.4 is 15.0 Å². The third-order valence-corrected chi connectivity index (χ3v) is 5.57. The van der Waals surface area contributed by atoms with Crippen LogP contribution >= 0.6 is 23.2 Å². The van der Waals surface area contributed by atoms with Gasteiger partial charge in [-0.15, -0.1) is 4.83 Å². The first-order valence-electron chi connectivity index (χ1n) is 8.19. The second-order valence-electron chi connectivity index (χ2n) is 6.19. The molecule has 2 rings (SSSR count). The lowest BCUT2D eigenvalue weighted by Gasteiger charge is -2.10. The van der Waals surface area contributed by atoms with Gasteiger partial charge in [-0.05, 0) is 54.8 Å². The molecule has 27 heavy (non-hydrogen) atoms.